The lowest BCUT2D eigenvalue weighted by atomic mass is 10.2. The highest BCUT2D eigenvalue weighted by molar-refractivity contribution is 14.1. The van der Waals surface area contributed by atoms with E-state index in [1.807, 2.05) is 54.6 Å². The molecule has 0 N–H and O–H groups in total. The average molecular weight is 553 g/mol. The van der Waals surface area contributed by atoms with Crippen LogP contribution in [0.1, 0.15) is 5.56 Å². The van der Waals surface area contributed by atoms with Crippen molar-refractivity contribution in [1.82, 2.24) is 4.57 Å². The van der Waals surface area contributed by atoms with Gasteiger partial charge in [-0.1, -0.05) is 48.5 Å². The Hall–Kier alpha value is -1.61. The maximum atomic E-state index is 12.9. The minimum absolute atomic E-state index is 0.258. The third kappa shape index (κ3) is 3.15. The number of ether oxygens (including phenoxy) is 1. The summed E-state index contributed by atoms with van der Waals surface area (Å²) in [5, 5.41) is 2.13. The largest absolute Gasteiger partial charge is 0.444 e. The summed E-state index contributed by atoms with van der Waals surface area (Å²) in [4.78, 5) is 12.9. The SMILES string of the molecule is O=C(OCc1ccccc1)n1c2cc(I)ccc2c2cccc(I)c21. The first-order valence-corrected chi connectivity index (χ1v) is 9.90. The molecule has 3 aromatic carbocycles. The van der Waals surface area contributed by atoms with Gasteiger partial charge in [-0.25, -0.2) is 9.36 Å². The first-order valence-electron chi connectivity index (χ1n) is 7.74. The van der Waals surface area contributed by atoms with Crippen LogP contribution in [0.25, 0.3) is 21.8 Å². The van der Waals surface area contributed by atoms with Crippen LogP contribution in [0.3, 0.4) is 0 Å². The lowest BCUT2D eigenvalue weighted by Gasteiger charge is -2.09. The van der Waals surface area contributed by atoms with Crippen LogP contribution in [-0.4, -0.2) is 10.7 Å². The number of halogens is 2. The van der Waals surface area contributed by atoms with Crippen LogP contribution in [0.5, 0.6) is 0 Å². The molecule has 1 aromatic heterocycles. The molecular formula is C20H13I2NO2. The van der Waals surface area contributed by atoms with Crippen molar-refractivity contribution in [3.05, 3.63) is 79.4 Å². The second kappa shape index (κ2) is 6.95. The van der Waals surface area contributed by atoms with E-state index in [-0.39, 0.29) is 12.7 Å². The van der Waals surface area contributed by atoms with Gasteiger partial charge in [0.1, 0.15) is 6.61 Å². The predicted molar refractivity (Wildman–Crippen MR) is 117 cm³/mol. The third-order valence-corrected chi connectivity index (χ3v) is 5.63. The van der Waals surface area contributed by atoms with Crippen LogP contribution in [0.4, 0.5) is 4.79 Å². The van der Waals surface area contributed by atoms with E-state index in [1.54, 1.807) is 4.57 Å². The van der Waals surface area contributed by atoms with E-state index in [4.69, 9.17) is 4.74 Å². The van der Waals surface area contributed by atoms with Crippen molar-refractivity contribution in [3.63, 3.8) is 0 Å². The Labute approximate surface area is 172 Å². The van der Waals surface area contributed by atoms with Crippen LogP contribution in [-0.2, 0) is 11.3 Å². The normalized spacial score (nSPS) is 11.1. The quantitative estimate of drug-likeness (QED) is 0.278. The summed E-state index contributed by atoms with van der Waals surface area (Å²) >= 11 is 4.53. The maximum absolute atomic E-state index is 12.9. The maximum Gasteiger partial charge on any atom is 0.419 e. The molecule has 0 aliphatic heterocycles. The van der Waals surface area contributed by atoms with Crippen molar-refractivity contribution in [2.75, 3.05) is 0 Å². The molecule has 0 amide bonds. The van der Waals surface area contributed by atoms with E-state index in [2.05, 4.69) is 57.3 Å². The van der Waals surface area contributed by atoms with Gasteiger partial charge in [-0.05, 0) is 68.9 Å². The molecule has 0 unspecified atom stereocenters. The zero-order valence-corrected chi connectivity index (χ0v) is 17.4. The minimum atomic E-state index is -0.352. The Bertz CT molecular complexity index is 1090. The van der Waals surface area contributed by atoms with Gasteiger partial charge >= 0.3 is 6.09 Å². The van der Waals surface area contributed by atoms with E-state index < -0.39 is 0 Å². The fourth-order valence-corrected chi connectivity index (χ4v) is 4.19. The van der Waals surface area contributed by atoms with Crippen LogP contribution < -0.4 is 0 Å². The molecule has 0 aliphatic carbocycles. The number of para-hydroxylation sites is 1. The zero-order chi connectivity index (χ0) is 17.4. The molecule has 25 heavy (non-hydrogen) atoms. The molecule has 5 heteroatoms. The van der Waals surface area contributed by atoms with E-state index in [9.17, 15) is 4.79 Å². The highest BCUT2D eigenvalue weighted by Gasteiger charge is 2.19. The molecule has 0 radical (unpaired) electrons. The number of hydrogen-bond donors (Lipinski definition) is 0. The molecule has 0 spiro atoms. The van der Waals surface area contributed by atoms with E-state index in [1.165, 1.54) is 0 Å². The van der Waals surface area contributed by atoms with E-state index in [0.717, 1.165) is 34.5 Å². The lowest BCUT2D eigenvalue weighted by Crippen LogP contribution is -2.14. The van der Waals surface area contributed by atoms with Crippen molar-refractivity contribution in [2.24, 2.45) is 0 Å². The van der Waals surface area contributed by atoms with Gasteiger partial charge in [0, 0.05) is 17.9 Å². The summed E-state index contributed by atoms with van der Waals surface area (Å²) < 4.78 is 9.40. The number of carbonyl (C=O) groups is 1. The van der Waals surface area contributed by atoms with Gasteiger partial charge in [-0.2, -0.15) is 0 Å². The zero-order valence-electron chi connectivity index (χ0n) is 13.1. The lowest BCUT2D eigenvalue weighted by molar-refractivity contribution is 0.143. The summed E-state index contributed by atoms with van der Waals surface area (Å²) in [5.41, 5.74) is 2.75. The van der Waals surface area contributed by atoms with Crippen molar-refractivity contribution < 1.29 is 9.53 Å². The second-order valence-electron chi connectivity index (χ2n) is 5.67. The molecule has 3 nitrogen and oxygen atoms in total. The third-order valence-electron chi connectivity index (χ3n) is 4.09. The first-order chi connectivity index (χ1) is 12.1. The van der Waals surface area contributed by atoms with Crippen LogP contribution in [0, 0.1) is 7.14 Å². The number of carbonyl (C=O) groups excluding carboxylic acids is 1. The Morgan fingerprint density at radius 3 is 2.52 bits per heavy atom. The molecule has 4 aromatic rings. The van der Waals surface area contributed by atoms with Gasteiger partial charge in [0.15, 0.2) is 0 Å². The minimum Gasteiger partial charge on any atom is -0.444 e. The highest BCUT2D eigenvalue weighted by Crippen LogP contribution is 2.33. The molecule has 0 atom stereocenters. The Morgan fingerprint density at radius 1 is 0.920 bits per heavy atom. The van der Waals surface area contributed by atoms with Crippen molar-refractivity contribution in [3.8, 4) is 0 Å². The number of benzene rings is 3. The number of rotatable bonds is 2. The molecule has 4 rings (SSSR count). The van der Waals surface area contributed by atoms with Gasteiger partial charge < -0.3 is 4.74 Å². The van der Waals surface area contributed by atoms with Crippen molar-refractivity contribution in [1.29, 1.82) is 0 Å². The average Bonchev–Trinajstić information content (AvgIpc) is 2.95. The monoisotopic (exact) mass is 553 g/mol. The van der Waals surface area contributed by atoms with Crippen molar-refractivity contribution in [2.45, 2.75) is 6.61 Å². The van der Waals surface area contributed by atoms with Crippen LogP contribution in [0.2, 0.25) is 0 Å². The molecule has 124 valence electrons. The Kier molecular flexibility index (Phi) is 4.68. The summed E-state index contributed by atoms with van der Waals surface area (Å²) in [6.07, 6.45) is -0.352. The molecule has 0 aliphatic rings. The van der Waals surface area contributed by atoms with Crippen LogP contribution in [0.15, 0.2) is 66.7 Å². The Balaban J connectivity index is 1.84. The first kappa shape index (κ1) is 16.8. The number of aromatic nitrogens is 1. The highest BCUT2D eigenvalue weighted by atomic mass is 127. The van der Waals surface area contributed by atoms with Gasteiger partial charge in [0.2, 0.25) is 0 Å². The summed E-state index contributed by atoms with van der Waals surface area (Å²) in [7, 11) is 0. The van der Waals surface area contributed by atoms with E-state index >= 15 is 0 Å². The van der Waals surface area contributed by atoms with Gasteiger partial charge in [-0.15, -0.1) is 0 Å². The fraction of sp³-hybridized carbons (Fsp3) is 0.0500. The smallest absolute Gasteiger partial charge is 0.419 e. The van der Waals surface area contributed by atoms with Gasteiger partial charge in [0.25, 0.3) is 0 Å². The number of hydrogen-bond acceptors (Lipinski definition) is 2. The summed E-state index contributed by atoms with van der Waals surface area (Å²) in [5.74, 6) is 0. The molecular weight excluding hydrogens is 540 g/mol. The predicted octanol–water partition coefficient (Wildman–Crippen LogP) is 6.19. The standard InChI is InChI=1S/C20H13I2NO2/c21-14-9-10-15-16-7-4-8-17(22)19(16)23(18(15)11-14)20(24)25-12-13-5-2-1-3-6-13/h1-11H,12H2. The second-order valence-corrected chi connectivity index (χ2v) is 8.08. The molecule has 0 saturated heterocycles. The molecule has 1 heterocycles. The van der Waals surface area contributed by atoms with Crippen molar-refractivity contribution >= 4 is 73.1 Å². The topological polar surface area (TPSA) is 31.2 Å². The molecule has 0 fully saturated rings. The van der Waals surface area contributed by atoms with Crippen LogP contribution >= 0.6 is 45.2 Å². The van der Waals surface area contributed by atoms with Gasteiger partial charge in [-0.3, -0.25) is 0 Å². The summed E-state index contributed by atoms with van der Waals surface area (Å²) in [6, 6.07) is 21.9. The number of nitrogens with zero attached hydrogens (tertiary/aromatic N) is 1. The molecule has 0 saturated carbocycles. The molecule has 0 bridgehead atoms. The Morgan fingerprint density at radius 2 is 1.72 bits per heavy atom. The number of fused-ring (bicyclic) bond motifs is 3. The van der Waals surface area contributed by atoms with E-state index in [0.29, 0.717) is 0 Å². The fourth-order valence-electron chi connectivity index (χ4n) is 2.97. The van der Waals surface area contributed by atoms with Gasteiger partial charge in [0.05, 0.1) is 11.0 Å². The summed E-state index contributed by atoms with van der Waals surface area (Å²) in [6.45, 7) is 0.258.